The SMILES string of the molecule is Clc1csc(-c2ccc3c(c2)CCCC3)n1. The standard InChI is InChI=1S/C13H12ClNS/c14-12-8-16-13(15-12)11-6-5-9-3-1-2-4-10(9)7-11/h5-8H,1-4H2. The molecular weight excluding hydrogens is 238 g/mol. The van der Waals surface area contributed by atoms with E-state index in [1.165, 1.54) is 42.4 Å². The number of halogens is 1. The van der Waals surface area contributed by atoms with E-state index in [0.29, 0.717) is 5.15 Å². The summed E-state index contributed by atoms with van der Waals surface area (Å²) in [4.78, 5) is 4.31. The van der Waals surface area contributed by atoms with Crippen molar-refractivity contribution in [2.24, 2.45) is 0 Å². The van der Waals surface area contributed by atoms with Crippen LogP contribution in [0.15, 0.2) is 23.6 Å². The zero-order chi connectivity index (χ0) is 11.0. The lowest BCUT2D eigenvalue weighted by atomic mass is 9.90. The van der Waals surface area contributed by atoms with Gasteiger partial charge in [-0.1, -0.05) is 23.7 Å². The van der Waals surface area contributed by atoms with Crippen molar-refractivity contribution in [3.8, 4) is 10.6 Å². The van der Waals surface area contributed by atoms with Gasteiger partial charge in [-0.2, -0.15) is 0 Å². The third-order valence-corrected chi connectivity index (χ3v) is 4.29. The monoisotopic (exact) mass is 249 g/mol. The van der Waals surface area contributed by atoms with Gasteiger partial charge in [-0.3, -0.25) is 0 Å². The van der Waals surface area contributed by atoms with Crippen molar-refractivity contribution in [3.05, 3.63) is 39.9 Å². The largest absolute Gasteiger partial charge is 0.224 e. The Bertz CT molecular complexity index is 518. The van der Waals surface area contributed by atoms with Crippen LogP contribution in [0.5, 0.6) is 0 Å². The molecule has 1 aromatic heterocycles. The van der Waals surface area contributed by atoms with Gasteiger partial charge in [0, 0.05) is 10.9 Å². The van der Waals surface area contributed by atoms with Gasteiger partial charge in [0.15, 0.2) is 0 Å². The van der Waals surface area contributed by atoms with E-state index in [2.05, 4.69) is 23.2 Å². The Kier molecular flexibility index (Phi) is 2.70. The fourth-order valence-electron chi connectivity index (χ4n) is 2.25. The van der Waals surface area contributed by atoms with Crippen LogP contribution in [-0.2, 0) is 12.8 Å². The van der Waals surface area contributed by atoms with Crippen LogP contribution in [0.3, 0.4) is 0 Å². The first kappa shape index (κ1) is 10.3. The van der Waals surface area contributed by atoms with E-state index in [1.54, 1.807) is 11.3 Å². The molecule has 1 aliphatic rings. The molecule has 0 bridgehead atoms. The highest BCUT2D eigenvalue weighted by atomic mass is 35.5. The topological polar surface area (TPSA) is 12.9 Å². The molecule has 1 aliphatic carbocycles. The molecule has 1 nitrogen and oxygen atoms in total. The third-order valence-electron chi connectivity index (χ3n) is 3.07. The summed E-state index contributed by atoms with van der Waals surface area (Å²) in [5.41, 5.74) is 4.21. The van der Waals surface area contributed by atoms with E-state index in [0.717, 1.165) is 5.01 Å². The van der Waals surface area contributed by atoms with E-state index in [9.17, 15) is 0 Å². The Morgan fingerprint density at radius 1 is 1.12 bits per heavy atom. The molecule has 82 valence electrons. The summed E-state index contributed by atoms with van der Waals surface area (Å²) in [6, 6.07) is 6.70. The van der Waals surface area contributed by atoms with Crippen LogP contribution in [0, 0.1) is 0 Å². The lowest BCUT2D eigenvalue weighted by Gasteiger charge is -2.15. The Morgan fingerprint density at radius 3 is 2.69 bits per heavy atom. The van der Waals surface area contributed by atoms with Crippen molar-refractivity contribution >= 4 is 22.9 Å². The van der Waals surface area contributed by atoms with Crippen LogP contribution in [0.25, 0.3) is 10.6 Å². The zero-order valence-corrected chi connectivity index (χ0v) is 10.4. The fourth-order valence-corrected chi connectivity index (χ4v) is 3.20. The highest BCUT2D eigenvalue weighted by Crippen LogP contribution is 2.30. The fraction of sp³-hybridized carbons (Fsp3) is 0.308. The Hall–Kier alpha value is -0.860. The molecule has 3 rings (SSSR count). The number of benzene rings is 1. The molecule has 16 heavy (non-hydrogen) atoms. The molecule has 0 spiro atoms. The lowest BCUT2D eigenvalue weighted by molar-refractivity contribution is 0.686. The molecule has 3 heteroatoms. The Labute approximate surface area is 104 Å². The molecule has 0 amide bonds. The van der Waals surface area contributed by atoms with E-state index in [4.69, 9.17) is 11.6 Å². The molecular formula is C13H12ClNS. The van der Waals surface area contributed by atoms with Crippen LogP contribution < -0.4 is 0 Å². The molecule has 0 saturated heterocycles. The third kappa shape index (κ3) is 1.87. The molecule has 1 heterocycles. The summed E-state index contributed by atoms with van der Waals surface area (Å²) in [7, 11) is 0. The minimum Gasteiger partial charge on any atom is -0.224 e. The van der Waals surface area contributed by atoms with Gasteiger partial charge >= 0.3 is 0 Å². The maximum absolute atomic E-state index is 5.85. The number of nitrogens with zero attached hydrogens (tertiary/aromatic N) is 1. The van der Waals surface area contributed by atoms with Crippen LogP contribution in [0.2, 0.25) is 5.15 Å². The number of aryl methyl sites for hydroxylation is 2. The van der Waals surface area contributed by atoms with Gasteiger partial charge in [0.1, 0.15) is 10.2 Å². The van der Waals surface area contributed by atoms with Crippen LogP contribution in [-0.4, -0.2) is 4.98 Å². The highest BCUT2D eigenvalue weighted by molar-refractivity contribution is 7.13. The second kappa shape index (κ2) is 4.19. The van der Waals surface area contributed by atoms with Crippen molar-refractivity contribution in [1.82, 2.24) is 4.98 Å². The quantitative estimate of drug-likeness (QED) is 0.733. The minimum atomic E-state index is 0.595. The lowest BCUT2D eigenvalue weighted by Crippen LogP contribution is -2.02. The van der Waals surface area contributed by atoms with Crippen molar-refractivity contribution in [3.63, 3.8) is 0 Å². The number of rotatable bonds is 1. The van der Waals surface area contributed by atoms with E-state index in [1.807, 2.05) is 5.38 Å². The molecule has 0 aliphatic heterocycles. The number of hydrogen-bond acceptors (Lipinski definition) is 2. The predicted molar refractivity (Wildman–Crippen MR) is 69.2 cm³/mol. The van der Waals surface area contributed by atoms with Crippen molar-refractivity contribution in [1.29, 1.82) is 0 Å². The Morgan fingerprint density at radius 2 is 1.94 bits per heavy atom. The summed E-state index contributed by atoms with van der Waals surface area (Å²) in [6.07, 6.45) is 5.08. The maximum Gasteiger partial charge on any atom is 0.140 e. The summed E-state index contributed by atoms with van der Waals surface area (Å²) in [5, 5.41) is 3.51. The van der Waals surface area contributed by atoms with Crippen molar-refractivity contribution in [2.45, 2.75) is 25.7 Å². The van der Waals surface area contributed by atoms with Gasteiger partial charge in [0.2, 0.25) is 0 Å². The number of fused-ring (bicyclic) bond motifs is 1. The second-order valence-corrected chi connectivity index (χ2v) is 5.41. The van der Waals surface area contributed by atoms with Gasteiger partial charge in [0.25, 0.3) is 0 Å². The molecule has 0 radical (unpaired) electrons. The zero-order valence-electron chi connectivity index (χ0n) is 8.87. The first-order chi connectivity index (χ1) is 7.83. The normalized spacial score (nSPS) is 14.8. The second-order valence-electron chi connectivity index (χ2n) is 4.17. The first-order valence-electron chi connectivity index (χ1n) is 5.56. The van der Waals surface area contributed by atoms with E-state index >= 15 is 0 Å². The first-order valence-corrected chi connectivity index (χ1v) is 6.82. The van der Waals surface area contributed by atoms with Gasteiger partial charge in [0.05, 0.1) is 0 Å². The average molecular weight is 250 g/mol. The van der Waals surface area contributed by atoms with Crippen molar-refractivity contribution in [2.75, 3.05) is 0 Å². The molecule has 0 N–H and O–H groups in total. The van der Waals surface area contributed by atoms with Crippen LogP contribution >= 0.6 is 22.9 Å². The predicted octanol–water partition coefficient (Wildman–Crippen LogP) is 4.34. The smallest absolute Gasteiger partial charge is 0.140 e. The molecule has 0 saturated carbocycles. The summed E-state index contributed by atoms with van der Waals surface area (Å²) >= 11 is 7.46. The van der Waals surface area contributed by atoms with Gasteiger partial charge < -0.3 is 0 Å². The number of thiazole rings is 1. The van der Waals surface area contributed by atoms with Crippen LogP contribution in [0.1, 0.15) is 24.0 Å². The molecule has 2 aromatic rings. The average Bonchev–Trinajstić information content (AvgIpc) is 2.75. The molecule has 0 atom stereocenters. The van der Waals surface area contributed by atoms with Gasteiger partial charge in [-0.25, -0.2) is 4.98 Å². The molecule has 0 unspecified atom stereocenters. The van der Waals surface area contributed by atoms with Crippen molar-refractivity contribution < 1.29 is 0 Å². The highest BCUT2D eigenvalue weighted by Gasteiger charge is 2.11. The molecule has 0 fully saturated rings. The minimum absolute atomic E-state index is 0.595. The summed E-state index contributed by atoms with van der Waals surface area (Å²) in [6.45, 7) is 0. The van der Waals surface area contributed by atoms with E-state index < -0.39 is 0 Å². The number of aromatic nitrogens is 1. The van der Waals surface area contributed by atoms with E-state index in [-0.39, 0.29) is 0 Å². The van der Waals surface area contributed by atoms with Crippen LogP contribution in [0.4, 0.5) is 0 Å². The Balaban J connectivity index is 2.02. The summed E-state index contributed by atoms with van der Waals surface area (Å²) in [5.74, 6) is 0. The summed E-state index contributed by atoms with van der Waals surface area (Å²) < 4.78 is 0. The van der Waals surface area contributed by atoms with Gasteiger partial charge in [-0.05, 0) is 42.9 Å². The van der Waals surface area contributed by atoms with Gasteiger partial charge in [-0.15, -0.1) is 11.3 Å². The maximum atomic E-state index is 5.85. The molecule has 1 aromatic carbocycles. The number of hydrogen-bond donors (Lipinski definition) is 0.